The number of ether oxygens (including phenoxy) is 1. The summed E-state index contributed by atoms with van der Waals surface area (Å²) in [5.41, 5.74) is -2.60. The standard InChI is InChI=1S/C13H16F3N5O3/c1-12(15)9(23)13(16,4-22)24-10(12)21-5-17-6-7(20(2)3)18-11(14)19-8(6)21/h5,9-10,22-23H,4H2,1-3H3/t9-,10+,12+,13+/m0/s1. The number of aromatic nitrogens is 4. The van der Waals surface area contributed by atoms with E-state index < -0.39 is 36.5 Å². The van der Waals surface area contributed by atoms with Gasteiger partial charge in [-0.1, -0.05) is 0 Å². The highest BCUT2D eigenvalue weighted by Crippen LogP contribution is 2.48. The summed E-state index contributed by atoms with van der Waals surface area (Å²) in [6.07, 6.45) is -3.96. The maximum absolute atomic E-state index is 14.9. The average Bonchev–Trinajstić information content (AvgIpc) is 3.00. The lowest BCUT2D eigenvalue weighted by atomic mass is 9.97. The van der Waals surface area contributed by atoms with Crippen molar-refractivity contribution in [1.29, 1.82) is 0 Å². The van der Waals surface area contributed by atoms with Gasteiger partial charge in [0.1, 0.15) is 6.61 Å². The first-order valence-corrected chi connectivity index (χ1v) is 7.04. The van der Waals surface area contributed by atoms with Crippen LogP contribution in [0.3, 0.4) is 0 Å². The lowest BCUT2D eigenvalue weighted by Gasteiger charge is -2.24. The number of nitrogens with zero attached hydrogens (tertiary/aromatic N) is 5. The van der Waals surface area contributed by atoms with Crippen molar-refractivity contribution in [2.45, 2.75) is 30.8 Å². The summed E-state index contributed by atoms with van der Waals surface area (Å²) < 4.78 is 48.8. The first kappa shape index (κ1) is 16.9. The van der Waals surface area contributed by atoms with E-state index in [2.05, 4.69) is 15.0 Å². The van der Waals surface area contributed by atoms with Gasteiger partial charge in [0, 0.05) is 14.1 Å². The van der Waals surface area contributed by atoms with Crippen LogP contribution in [0.5, 0.6) is 0 Å². The molecule has 0 aliphatic carbocycles. The average molecular weight is 347 g/mol. The van der Waals surface area contributed by atoms with Gasteiger partial charge < -0.3 is 19.8 Å². The summed E-state index contributed by atoms with van der Waals surface area (Å²) in [5.74, 6) is -2.86. The van der Waals surface area contributed by atoms with Gasteiger partial charge in [0.25, 0.3) is 5.85 Å². The highest BCUT2D eigenvalue weighted by molar-refractivity contribution is 5.83. The quantitative estimate of drug-likeness (QED) is 0.771. The number of imidazole rings is 1. The van der Waals surface area contributed by atoms with E-state index >= 15 is 0 Å². The van der Waals surface area contributed by atoms with Crippen LogP contribution < -0.4 is 4.90 Å². The summed E-state index contributed by atoms with van der Waals surface area (Å²) in [6, 6.07) is 0. The molecule has 0 bridgehead atoms. The zero-order valence-corrected chi connectivity index (χ0v) is 13.1. The molecule has 0 unspecified atom stereocenters. The molecule has 2 N–H and O–H groups in total. The number of anilines is 1. The Labute approximate surface area is 134 Å². The Morgan fingerprint density at radius 1 is 1.38 bits per heavy atom. The molecule has 0 amide bonds. The van der Waals surface area contributed by atoms with E-state index in [-0.39, 0.29) is 17.0 Å². The molecule has 2 aromatic rings. The van der Waals surface area contributed by atoms with Crippen molar-refractivity contribution in [1.82, 2.24) is 19.5 Å². The fourth-order valence-electron chi connectivity index (χ4n) is 2.73. The maximum atomic E-state index is 14.9. The highest BCUT2D eigenvalue weighted by atomic mass is 19.2. The van der Waals surface area contributed by atoms with Gasteiger partial charge >= 0.3 is 6.08 Å². The SMILES string of the molecule is CN(C)c1nc(F)nc2c1ncn2[C@@H]1O[C@](F)(CO)[C@@H](O)[C@@]1(C)F. The van der Waals surface area contributed by atoms with E-state index in [4.69, 9.17) is 9.84 Å². The third kappa shape index (κ3) is 2.23. The number of hydrogen-bond acceptors (Lipinski definition) is 7. The van der Waals surface area contributed by atoms with Crippen molar-refractivity contribution >= 4 is 17.0 Å². The van der Waals surface area contributed by atoms with Crippen LogP contribution in [0.1, 0.15) is 13.2 Å². The van der Waals surface area contributed by atoms with Gasteiger partial charge in [-0.3, -0.25) is 4.57 Å². The number of aliphatic hydroxyl groups is 2. The number of hydrogen-bond donors (Lipinski definition) is 2. The Morgan fingerprint density at radius 2 is 2.04 bits per heavy atom. The van der Waals surface area contributed by atoms with Crippen LogP contribution in [-0.4, -0.2) is 68.1 Å². The summed E-state index contributed by atoms with van der Waals surface area (Å²) in [6.45, 7) is -0.335. The number of aliphatic hydroxyl groups excluding tert-OH is 2. The number of alkyl halides is 2. The van der Waals surface area contributed by atoms with Gasteiger partial charge in [0.05, 0.1) is 6.33 Å². The summed E-state index contributed by atoms with van der Waals surface area (Å²) >= 11 is 0. The highest BCUT2D eigenvalue weighted by Gasteiger charge is 2.64. The third-order valence-corrected chi connectivity index (χ3v) is 4.00. The van der Waals surface area contributed by atoms with Crippen LogP contribution in [0.4, 0.5) is 19.0 Å². The predicted molar refractivity (Wildman–Crippen MR) is 76.2 cm³/mol. The minimum atomic E-state index is -3.00. The molecule has 11 heteroatoms. The van der Waals surface area contributed by atoms with Gasteiger partial charge in [0.15, 0.2) is 35.0 Å². The van der Waals surface area contributed by atoms with E-state index in [1.54, 1.807) is 14.1 Å². The fraction of sp³-hybridized carbons (Fsp3) is 0.615. The lowest BCUT2D eigenvalue weighted by Crippen LogP contribution is -2.46. The van der Waals surface area contributed by atoms with Crippen LogP contribution in [0.15, 0.2) is 6.33 Å². The minimum absolute atomic E-state index is 0.130. The molecule has 1 aliphatic heterocycles. The first-order valence-electron chi connectivity index (χ1n) is 7.04. The maximum Gasteiger partial charge on any atom is 0.312 e. The van der Waals surface area contributed by atoms with E-state index in [0.29, 0.717) is 0 Å². The van der Waals surface area contributed by atoms with Crippen LogP contribution >= 0.6 is 0 Å². The predicted octanol–water partition coefficient (Wildman–Crippen LogP) is 0.307. The van der Waals surface area contributed by atoms with Gasteiger partial charge in [-0.25, -0.2) is 13.8 Å². The van der Waals surface area contributed by atoms with Crippen molar-refractivity contribution in [3.8, 4) is 0 Å². The van der Waals surface area contributed by atoms with E-state index in [1.165, 1.54) is 4.90 Å². The van der Waals surface area contributed by atoms with Crippen molar-refractivity contribution in [3.05, 3.63) is 12.4 Å². The molecule has 0 saturated carbocycles. The number of halogens is 3. The summed E-state index contributed by atoms with van der Waals surface area (Å²) in [4.78, 5) is 12.7. The molecule has 0 aromatic carbocycles. The summed E-state index contributed by atoms with van der Waals surface area (Å²) in [5, 5.41) is 18.9. The van der Waals surface area contributed by atoms with Crippen LogP contribution in [0, 0.1) is 6.08 Å². The van der Waals surface area contributed by atoms with Crippen LogP contribution in [0.25, 0.3) is 11.2 Å². The number of fused-ring (bicyclic) bond motifs is 1. The molecule has 24 heavy (non-hydrogen) atoms. The first-order chi connectivity index (χ1) is 11.1. The Kier molecular flexibility index (Phi) is 3.70. The molecule has 1 fully saturated rings. The van der Waals surface area contributed by atoms with Crippen LogP contribution in [0.2, 0.25) is 0 Å². The van der Waals surface area contributed by atoms with Gasteiger partial charge in [-0.2, -0.15) is 14.4 Å². The van der Waals surface area contributed by atoms with Crippen molar-refractivity contribution in [2.24, 2.45) is 0 Å². The normalized spacial score (nSPS) is 33.3. The molecular formula is C13H16F3N5O3. The second-order valence-electron chi connectivity index (χ2n) is 6.00. The van der Waals surface area contributed by atoms with Crippen molar-refractivity contribution < 1.29 is 28.1 Å². The molecule has 3 heterocycles. The molecule has 1 aliphatic rings. The second-order valence-corrected chi connectivity index (χ2v) is 6.00. The number of rotatable bonds is 3. The molecule has 2 aromatic heterocycles. The largest absolute Gasteiger partial charge is 0.390 e. The molecule has 3 rings (SSSR count). The lowest BCUT2D eigenvalue weighted by molar-refractivity contribution is -0.206. The second kappa shape index (κ2) is 5.26. The van der Waals surface area contributed by atoms with Crippen molar-refractivity contribution in [2.75, 3.05) is 25.6 Å². The molecule has 132 valence electrons. The monoisotopic (exact) mass is 347 g/mol. The Hall–Kier alpha value is -1.98. The molecule has 1 saturated heterocycles. The Balaban J connectivity index is 2.17. The fourth-order valence-corrected chi connectivity index (χ4v) is 2.73. The molecule has 4 atom stereocenters. The topological polar surface area (TPSA) is 96.5 Å². The van der Waals surface area contributed by atoms with E-state index in [0.717, 1.165) is 17.8 Å². The zero-order valence-electron chi connectivity index (χ0n) is 13.1. The van der Waals surface area contributed by atoms with Gasteiger partial charge in [0.2, 0.25) is 0 Å². The van der Waals surface area contributed by atoms with Gasteiger partial charge in [-0.05, 0) is 6.92 Å². The van der Waals surface area contributed by atoms with Crippen molar-refractivity contribution in [3.63, 3.8) is 0 Å². The molecule has 0 radical (unpaired) electrons. The molecule has 8 nitrogen and oxygen atoms in total. The third-order valence-electron chi connectivity index (χ3n) is 4.00. The van der Waals surface area contributed by atoms with Gasteiger partial charge in [-0.15, -0.1) is 0 Å². The summed E-state index contributed by atoms with van der Waals surface area (Å²) in [7, 11) is 3.21. The minimum Gasteiger partial charge on any atom is -0.390 e. The van der Waals surface area contributed by atoms with E-state index in [9.17, 15) is 18.3 Å². The Morgan fingerprint density at radius 3 is 2.58 bits per heavy atom. The smallest absolute Gasteiger partial charge is 0.312 e. The molecule has 0 spiro atoms. The van der Waals surface area contributed by atoms with Crippen LogP contribution in [-0.2, 0) is 4.74 Å². The van der Waals surface area contributed by atoms with E-state index in [1.807, 2.05) is 0 Å². The zero-order chi connectivity index (χ0) is 17.9. The molecular weight excluding hydrogens is 331 g/mol. The Bertz CT molecular complexity index is 784.